The van der Waals surface area contributed by atoms with Crippen LogP contribution in [0.3, 0.4) is 0 Å². The van der Waals surface area contributed by atoms with Gasteiger partial charge in [0.2, 0.25) is 0 Å². The van der Waals surface area contributed by atoms with Gasteiger partial charge in [-0.2, -0.15) is 0 Å². The minimum absolute atomic E-state index is 0.267. The number of rotatable bonds is 8. The molecule has 1 saturated carbocycles. The highest BCUT2D eigenvalue weighted by molar-refractivity contribution is 5.89. The van der Waals surface area contributed by atoms with Crippen LogP contribution in [0.1, 0.15) is 37.7 Å². The molecule has 0 bridgehead atoms. The minimum Gasteiger partial charge on any atom is -0.493 e. The van der Waals surface area contributed by atoms with E-state index in [0.717, 1.165) is 12.8 Å². The molecule has 0 heterocycles. The van der Waals surface area contributed by atoms with Crippen LogP contribution in [0.5, 0.6) is 11.5 Å². The lowest BCUT2D eigenvalue weighted by Crippen LogP contribution is -2.33. The van der Waals surface area contributed by atoms with Crippen molar-refractivity contribution in [2.24, 2.45) is 5.92 Å². The van der Waals surface area contributed by atoms with Gasteiger partial charge in [0, 0.05) is 18.2 Å². The van der Waals surface area contributed by atoms with Crippen molar-refractivity contribution < 1.29 is 23.8 Å². The molecule has 1 amide bonds. The maximum Gasteiger partial charge on any atom is 0.331 e. The highest BCUT2D eigenvalue weighted by atomic mass is 16.5. The van der Waals surface area contributed by atoms with Crippen LogP contribution in [0.4, 0.5) is 0 Å². The van der Waals surface area contributed by atoms with Crippen LogP contribution in [0.15, 0.2) is 24.3 Å². The summed E-state index contributed by atoms with van der Waals surface area (Å²) in [5.41, 5.74) is 0.686. The molecule has 1 aromatic carbocycles. The summed E-state index contributed by atoms with van der Waals surface area (Å²) in [6.07, 6.45) is 8.90. The Morgan fingerprint density at radius 2 is 1.92 bits per heavy atom. The van der Waals surface area contributed by atoms with Crippen molar-refractivity contribution in [2.45, 2.75) is 32.1 Å². The Morgan fingerprint density at radius 1 is 1.15 bits per heavy atom. The third kappa shape index (κ3) is 6.10. The molecule has 1 aromatic rings. The fourth-order valence-electron chi connectivity index (χ4n) is 3.09. The summed E-state index contributed by atoms with van der Waals surface area (Å²) in [7, 11) is 3.08. The highest BCUT2D eigenvalue weighted by Gasteiger charge is 2.14. The predicted octanol–water partition coefficient (Wildman–Crippen LogP) is 2.96. The van der Waals surface area contributed by atoms with E-state index in [1.807, 2.05) is 0 Å². The first-order valence-electron chi connectivity index (χ1n) is 8.96. The molecule has 0 unspecified atom stereocenters. The molecule has 1 N–H and O–H groups in total. The molecule has 142 valence electrons. The first-order valence-corrected chi connectivity index (χ1v) is 8.96. The smallest absolute Gasteiger partial charge is 0.331 e. The number of ether oxygens (including phenoxy) is 3. The fourth-order valence-corrected chi connectivity index (χ4v) is 3.09. The van der Waals surface area contributed by atoms with Crippen LogP contribution >= 0.6 is 0 Å². The van der Waals surface area contributed by atoms with Crippen LogP contribution < -0.4 is 14.8 Å². The van der Waals surface area contributed by atoms with Crippen molar-refractivity contribution in [2.75, 3.05) is 27.4 Å². The van der Waals surface area contributed by atoms with Crippen molar-refractivity contribution in [3.8, 4) is 11.5 Å². The number of para-hydroxylation sites is 1. The van der Waals surface area contributed by atoms with Gasteiger partial charge in [-0.25, -0.2) is 4.79 Å². The zero-order valence-corrected chi connectivity index (χ0v) is 15.5. The number of carbonyl (C=O) groups is 2. The van der Waals surface area contributed by atoms with E-state index in [0.29, 0.717) is 29.5 Å². The van der Waals surface area contributed by atoms with Gasteiger partial charge in [0.25, 0.3) is 5.91 Å². The van der Waals surface area contributed by atoms with Crippen LogP contribution in [0, 0.1) is 5.92 Å². The van der Waals surface area contributed by atoms with Gasteiger partial charge in [-0.3, -0.25) is 4.79 Å². The van der Waals surface area contributed by atoms with Gasteiger partial charge < -0.3 is 19.5 Å². The lowest BCUT2D eigenvalue weighted by molar-refractivity contribution is -0.143. The Bertz CT molecular complexity index is 635. The van der Waals surface area contributed by atoms with Crippen molar-refractivity contribution in [3.05, 3.63) is 29.8 Å². The molecule has 0 saturated heterocycles. The largest absolute Gasteiger partial charge is 0.493 e. The molecule has 0 atom stereocenters. The Morgan fingerprint density at radius 3 is 2.62 bits per heavy atom. The zero-order chi connectivity index (χ0) is 18.8. The molecule has 0 aliphatic heterocycles. The van der Waals surface area contributed by atoms with Gasteiger partial charge in [-0.1, -0.05) is 31.4 Å². The Hall–Kier alpha value is -2.50. The number of carbonyl (C=O) groups excluding carboxylic acids is 2. The standard InChI is InChI=1S/C20H27NO5/c1-24-17-10-6-9-16(20(17)25-2)11-12-19(23)26-14-18(22)21-13-15-7-4-3-5-8-15/h6,9-12,15H,3-5,7-8,13-14H2,1-2H3,(H,21,22)/b12-11+. The van der Waals surface area contributed by atoms with Crippen LogP contribution in [-0.4, -0.2) is 39.2 Å². The Balaban J connectivity index is 1.77. The van der Waals surface area contributed by atoms with Crippen molar-refractivity contribution >= 4 is 18.0 Å². The second-order valence-electron chi connectivity index (χ2n) is 6.33. The topological polar surface area (TPSA) is 73.9 Å². The number of esters is 1. The third-order valence-corrected chi connectivity index (χ3v) is 4.49. The summed E-state index contributed by atoms with van der Waals surface area (Å²) < 4.78 is 15.5. The number of hydrogen-bond acceptors (Lipinski definition) is 5. The lowest BCUT2D eigenvalue weighted by Gasteiger charge is -2.21. The third-order valence-electron chi connectivity index (χ3n) is 4.49. The SMILES string of the molecule is COc1cccc(/C=C/C(=O)OCC(=O)NCC2CCCCC2)c1OC. The molecule has 0 aromatic heterocycles. The molecule has 26 heavy (non-hydrogen) atoms. The van der Waals surface area contributed by atoms with Crippen molar-refractivity contribution in [3.63, 3.8) is 0 Å². The molecule has 6 nitrogen and oxygen atoms in total. The number of amides is 1. The fraction of sp³-hybridized carbons (Fsp3) is 0.500. The van der Waals surface area contributed by atoms with E-state index < -0.39 is 5.97 Å². The van der Waals surface area contributed by atoms with Crippen LogP contribution in [0.2, 0.25) is 0 Å². The first kappa shape index (κ1) is 19.8. The van der Waals surface area contributed by atoms with E-state index in [9.17, 15) is 9.59 Å². The molecule has 0 spiro atoms. The summed E-state index contributed by atoms with van der Waals surface area (Å²) in [6, 6.07) is 5.36. The lowest BCUT2D eigenvalue weighted by atomic mass is 9.89. The van der Waals surface area contributed by atoms with Crippen LogP contribution in [0.25, 0.3) is 6.08 Å². The first-order chi connectivity index (χ1) is 12.6. The van der Waals surface area contributed by atoms with E-state index in [2.05, 4.69) is 5.32 Å². The van der Waals surface area contributed by atoms with E-state index in [1.54, 1.807) is 31.4 Å². The maximum atomic E-state index is 11.8. The van der Waals surface area contributed by atoms with E-state index in [4.69, 9.17) is 14.2 Å². The molecule has 1 fully saturated rings. The number of hydrogen-bond donors (Lipinski definition) is 1. The number of methoxy groups -OCH3 is 2. The van der Waals surface area contributed by atoms with E-state index in [1.165, 1.54) is 32.4 Å². The summed E-state index contributed by atoms with van der Waals surface area (Å²) in [4.78, 5) is 23.6. The average Bonchev–Trinajstić information content (AvgIpc) is 2.69. The number of nitrogens with one attached hydrogen (secondary N) is 1. The summed E-state index contributed by atoms with van der Waals surface area (Å²) in [6.45, 7) is 0.387. The molecule has 2 rings (SSSR count). The van der Waals surface area contributed by atoms with Gasteiger partial charge in [-0.05, 0) is 30.9 Å². The molecule has 1 aliphatic rings. The monoisotopic (exact) mass is 361 g/mol. The highest BCUT2D eigenvalue weighted by Crippen LogP contribution is 2.31. The Labute approximate surface area is 154 Å². The predicted molar refractivity (Wildman–Crippen MR) is 99.1 cm³/mol. The maximum absolute atomic E-state index is 11.8. The molecular weight excluding hydrogens is 334 g/mol. The summed E-state index contributed by atoms with van der Waals surface area (Å²) >= 11 is 0. The second kappa shape index (κ2) is 10.5. The average molecular weight is 361 g/mol. The number of benzene rings is 1. The second-order valence-corrected chi connectivity index (χ2v) is 6.33. The molecule has 1 aliphatic carbocycles. The van der Waals surface area contributed by atoms with Gasteiger partial charge in [-0.15, -0.1) is 0 Å². The molecule has 6 heteroatoms. The van der Waals surface area contributed by atoms with Crippen molar-refractivity contribution in [1.29, 1.82) is 0 Å². The van der Waals surface area contributed by atoms with Gasteiger partial charge >= 0.3 is 5.97 Å². The van der Waals surface area contributed by atoms with Crippen molar-refractivity contribution in [1.82, 2.24) is 5.32 Å². The molecule has 0 radical (unpaired) electrons. The van der Waals surface area contributed by atoms with Gasteiger partial charge in [0.15, 0.2) is 18.1 Å². The quantitative estimate of drug-likeness (QED) is 0.569. The zero-order valence-electron chi connectivity index (χ0n) is 15.5. The Kier molecular flexibility index (Phi) is 7.99. The normalized spacial score (nSPS) is 14.8. The summed E-state index contributed by atoms with van der Waals surface area (Å²) in [5.74, 6) is 0.803. The van der Waals surface area contributed by atoms with Crippen LogP contribution in [-0.2, 0) is 14.3 Å². The molecular formula is C20H27NO5. The van der Waals surface area contributed by atoms with Gasteiger partial charge in [0.1, 0.15) is 0 Å². The van der Waals surface area contributed by atoms with E-state index in [-0.39, 0.29) is 12.5 Å². The van der Waals surface area contributed by atoms with E-state index >= 15 is 0 Å². The van der Waals surface area contributed by atoms with Gasteiger partial charge in [0.05, 0.1) is 14.2 Å². The summed E-state index contributed by atoms with van der Waals surface area (Å²) in [5, 5.41) is 2.84. The minimum atomic E-state index is -0.581.